The largest absolute Gasteiger partial charge is 0.380 e. The highest BCUT2D eigenvalue weighted by atomic mass is 16.5. The van der Waals surface area contributed by atoms with Crippen molar-refractivity contribution in [1.82, 2.24) is 19.1 Å². The summed E-state index contributed by atoms with van der Waals surface area (Å²) < 4.78 is 7.64. The van der Waals surface area contributed by atoms with Crippen molar-refractivity contribution >= 4 is 17.1 Å². The lowest BCUT2D eigenvalue weighted by atomic mass is 10.4. The molecule has 0 fully saturated rings. The second-order valence-electron chi connectivity index (χ2n) is 4.67. The molecule has 0 saturated carbocycles. The molecular formula is C12H20N6O3. The van der Waals surface area contributed by atoms with Crippen molar-refractivity contribution in [3.63, 3.8) is 0 Å². The summed E-state index contributed by atoms with van der Waals surface area (Å²) in [6.07, 6.45) is 0.786. The molecule has 0 unspecified atom stereocenters. The molecule has 0 radical (unpaired) electrons. The van der Waals surface area contributed by atoms with Gasteiger partial charge in [-0.2, -0.15) is 4.98 Å². The van der Waals surface area contributed by atoms with Gasteiger partial charge in [0, 0.05) is 33.8 Å². The Kier molecular flexibility index (Phi) is 4.76. The molecule has 2 aromatic rings. The molecule has 2 rings (SSSR count). The second kappa shape index (κ2) is 6.55. The highest BCUT2D eigenvalue weighted by molar-refractivity contribution is 5.72. The Hall–Kier alpha value is -2.13. The van der Waals surface area contributed by atoms with Crippen LogP contribution in [0.2, 0.25) is 0 Å². The van der Waals surface area contributed by atoms with E-state index < -0.39 is 5.69 Å². The Bertz CT molecular complexity index is 729. The number of fused-ring (bicyclic) bond motifs is 1. The lowest BCUT2D eigenvalue weighted by Crippen LogP contribution is -2.36. The smallest absolute Gasteiger partial charge is 0.332 e. The average molecular weight is 296 g/mol. The molecule has 2 heterocycles. The van der Waals surface area contributed by atoms with E-state index in [0.29, 0.717) is 43.4 Å². The van der Waals surface area contributed by atoms with E-state index in [1.807, 2.05) is 0 Å². The number of hydrogen-bond donors (Lipinski definition) is 3. The van der Waals surface area contributed by atoms with Crippen molar-refractivity contribution in [3.8, 4) is 0 Å². The number of nitrogens with two attached hydrogens (primary N) is 1. The summed E-state index contributed by atoms with van der Waals surface area (Å²) >= 11 is 0. The van der Waals surface area contributed by atoms with Crippen molar-refractivity contribution in [3.05, 3.63) is 20.8 Å². The number of aromatic amines is 1. The molecule has 0 spiro atoms. The predicted molar refractivity (Wildman–Crippen MR) is 79.6 cm³/mol. The van der Waals surface area contributed by atoms with Crippen molar-refractivity contribution in [2.24, 2.45) is 19.8 Å². The van der Waals surface area contributed by atoms with Gasteiger partial charge >= 0.3 is 5.69 Å². The van der Waals surface area contributed by atoms with E-state index in [2.05, 4.69) is 15.3 Å². The fraction of sp³-hybridized carbons (Fsp3) is 0.583. The Morgan fingerprint density at radius 1 is 1.29 bits per heavy atom. The summed E-state index contributed by atoms with van der Waals surface area (Å²) in [4.78, 5) is 30.9. The fourth-order valence-electron chi connectivity index (χ4n) is 1.98. The van der Waals surface area contributed by atoms with Crippen LogP contribution in [0.1, 0.15) is 6.42 Å². The average Bonchev–Trinajstić information content (AvgIpc) is 2.91. The molecule has 0 saturated heterocycles. The van der Waals surface area contributed by atoms with Crippen LogP contribution < -0.4 is 22.3 Å². The van der Waals surface area contributed by atoms with E-state index in [0.717, 1.165) is 11.0 Å². The zero-order valence-electron chi connectivity index (χ0n) is 12.2. The molecule has 2 aromatic heterocycles. The maximum atomic E-state index is 12.0. The van der Waals surface area contributed by atoms with Crippen LogP contribution in [-0.4, -0.2) is 45.4 Å². The second-order valence-corrected chi connectivity index (χ2v) is 4.67. The molecule has 0 aromatic carbocycles. The predicted octanol–water partition coefficient (Wildman–Crippen LogP) is -1.26. The lowest BCUT2D eigenvalue weighted by Gasteiger charge is -2.03. The Morgan fingerprint density at radius 2 is 2.05 bits per heavy atom. The monoisotopic (exact) mass is 296 g/mol. The van der Waals surface area contributed by atoms with E-state index in [1.165, 1.54) is 11.6 Å². The van der Waals surface area contributed by atoms with Gasteiger partial charge in [0.2, 0.25) is 5.95 Å². The first-order chi connectivity index (χ1) is 10.1. The fourth-order valence-corrected chi connectivity index (χ4v) is 1.98. The SMILES string of the molecule is Cn1c(=O)c2[nH]c(NCCCOCCN)nc2n(C)c1=O. The molecule has 4 N–H and O–H groups in total. The van der Waals surface area contributed by atoms with E-state index in [1.54, 1.807) is 7.05 Å². The normalized spacial score (nSPS) is 11.2. The summed E-state index contributed by atoms with van der Waals surface area (Å²) in [7, 11) is 3.02. The van der Waals surface area contributed by atoms with Gasteiger partial charge in [-0.1, -0.05) is 0 Å². The van der Waals surface area contributed by atoms with E-state index in [9.17, 15) is 9.59 Å². The Morgan fingerprint density at radius 3 is 2.76 bits per heavy atom. The first kappa shape index (κ1) is 15.3. The zero-order valence-corrected chi connectivity index (χ0v) is 12.2. The summed E-state index contributed by atoms with van der Waals surface area (Å²) in [6.45, 7) is 2.29. The third-order valence-corrected chi connectivity index (χ3v) is 3.11. The molecule has 0 aliphatic heterocycles. The molecule has 116 valence electrons. The molecule has 0 atom stereocenters. The van der Waals surface area contributed by atoms with Gasteiger partial charge in [-0.3, -0.25) is 13.9 Å². The van der Waals surface area contributed by atoms with Gasteiger partial charge in [-0.25, -0.2) is 4.79 Å². The van der Waals surface area contributed by atoms with E-state index >= 15 is 0 Å². The third kappa shape index (κ3) is 3.14. The van der Waals surface area contributed by atoms with Crippen LogP contribution in [0.25, 0.3) is 11.2 Å². The molecule has 21 heavy (non-hydrogen) atoms. The van der Waals surface area contributed by atoms with Gasteiger partial charge in [0.15, 0.2) is 11.2 Å². The van der Waals surface area contributed by atoms with Gasteiger partial charge in [0.1, 0.15) is 0 Å². The molecule has 0 bridgehead atoms. The molecule has 0 amide bonds. The van der Waals surface area contributed by atoms with E-state index in [-0.39, 0.29) is 5.56 Å². The summed E-state index contributed by atoms with van der Waals surface area (Å²) in [6, 6.07) is 0. The van der Waals surface area contributed by atoms with Crippen molar-refractivity contribution in [2.75, 3.05) is 31.6 Å². The van der Waals surface area contributed by atoms with Gasteiger partial charge in [-0.15, -0.1) is 0 Å². The standard InChI is InChI=1S/C12H20N6O3/c1-17-9-8(10(19)18(2)12(17)20)15-11(16-9)14-5-3-6-21-7-4-13/h3-7,13H2,1-2H3,(H2,14,15,16). The minimum absolute atomic E-state index is 0.307. The van der Waals surface area contributed by atoms with Crippen LogP contribution in [0.3, 0.4) is 0 Å². The zero-order chi connectivity index (χ0) is 15.4. The summed E-state index contributed by atoms with van der Waals surface area (Å²) in [5.41, 5.74) is 5.17. The summed E-state index contributed by atoms with van der Waals surface area (Å²) in [5.74, 6) is 0.460. The number of imidazole rings is 1. The maximum Gasteiger partial charge on any atom is 0.332 e. The van der Waals surface area contributed by atoms with Crippen molar-refractivity contribution in [1.29, 1.82) is 0 Å². The minimum atomic E-state index is -0.402. The molecule has 9 heteroatoms. The Balaban J connectivity index is 2.10. The topological polar surface area (TPSA) is 120 Å². The summed E-state index contributed by atoms with van der Waals surface area (Å²) in [5, 5.41) is 3.06. The highest BCUT2D eigenvalue weighted by Crippen LogP contribution is 2.07. The number of rotatable bonds is 7. The van der Waals surface area contributed by atoms with Gasteiger partial charge < -0.3 is 20.8 Å². The van der Waals surface area contributed by atoms with Gasteiger partial charge in [0.05, 0.1) is 6.61 Å². The number of anilines is 1. The maximum absolute atomic E-state index is 12.0. The number of hydrogen-bond acceptors (Lipinski definition) is 6. The minimum Gasteiger partial charge on any atom is -0.380 e. The number of aromatic nitrogens is 4. The van der Waals surface area contributed by atoms with Crippen LogP contribution in [0.4, 0.5) is 5.95 Å². The number of aryl methyl sites for hydroxylation is 1. The van der Waals surface area contributed by atoms with Crippen molar-refractivity contribution in [2.45, 2.75) is 6.42 Å². The number of nitrogens with one attached hydrogen (secondary N) is 2. The third-order valence-electron chi connectivity index (χ3n) is 3.11. The van der Waals surface area contributed by atoms with Crippen molar-refractivity contribution < 1.29 is 4.74 Å². The van der Waals surface area contributed by atoms with Gasteiger partial charge in [-0.05, 0) is 6.42 Å². The van der Waals surface area contributed by atoms with E-state index in [4.69, 9.17) is 10.5 Å². The number of H-pyrrole nitrogens is 1. The molecule has 0 aliphatic carbocycles. The molecule has 9 nitrogen and oxygen atoms in total. The van der Waals surface area contributed by atoms with Gasteiger partial charge in [0.25, 0.3) is 5.56 Å². The number of ether oxygens (including phenoxy) is 1. The van der Waals surface area contributed by atoms with Crippen LogP contribution >= 0.6 is 0 Å². The first-order valence-electron chi connectivity index (χ1n) is 6.73. The van der Waals surface area contributed by atoms with Crippen LogP contribution in [0.5, 0.6) is 0 Å². The molecule has 0 aliphatic rings. The Labute approximate surface area is 120 Å². The highest BCUT2D eigenvalue weighted by Gasteiger charge is 2.12. The first-order valence-corrected chi connectivity index (χ1v) is 6.73. The van der Waals surface area contributed by atoms with Crippen LogP contribution in [-0.2, 0) is 18.8 Å². The van der Waals surface area contributed by atoms with Crippen LogP contribution in [0, 0.1) is 0 Å². The van der Waals surface area contributed by atoms with Crippen LogP contribution in [0.15, 0.2) is 9.59 Å². The lowest BCUT2D eigenvalue weighted by molar-refractivity contribution is 0.141. The molecular weight excluding hydrogens is 276 g/mol. The quantitative estimate of drug-likeness (QED) is 0.548. The number of nitrogens with zero attached hydrogens (tertiary/aromatic N) is 3.